The molecule has 0 saturated carbocycles. The maximum atomic E-state index is 12.8. The van der Waals surface area contributed by atoms with Gasteiger partial charge in [0, 0.05) is 18.0 Å². The fraction of sp³-hybridized carbons (Fsp3) is 0.0588. The number of nitrogens with one attached hydrogen (secondary N) is 1. The fourth-order valence-electron chi connectivity index (χ4n) is 2.49. The summed E-state index contributed by atoms with van der Waals surface area (Å²) in [6, 6.07) is 11.5. The highest BCUT2D eigenvalue weighted by Crippen LogP contribution is 2.28. The molecule has 0 aliphatic heterocycles. The van der Waals surface area contributed by atoms with Crippen molar-refractivity contribution in [2.75, 3.05) is 5.32 Å². The van der Waals surface area contributed by atoms with Crippen LogP contribution in [0.2, 0.25) is 0 Å². The largest absolute Gasteiger partial charge is 0.304 e. The van der Waals surface area contributed by atoms with Crippen molar-refractivity contribution < 1.29 is 4.79 Å². The minimum Gasteiger partial charge on any atom is -0.304 e. The second-order valence-corrected chi connectivity index (χ2v) is 6.37. The van der Waals surface area contributed by atoms with Gasteiger partial charge in [-0.15, -0.1) is 11.3 Å². The summed E-state index contributed by atoms with van der Waals surface area (Å²) in [4.78, 5) is 22.1. The molecule has 0 spiro atoms. The normalized spacial score (nSPS) is 10.9. The molecule has 0 aliphatic carbocycles. The van der Waals surface area contributed by atoms with Crippen LogP contribution in [0.25, 0.3) is 16.8 Å². The smallest absolute Gasteiger partial charge is 0.269 e. The van der Waals surface area contributed by atoms with Gasteiger partial charge in [0.15, 0.2) is 5.82 Å². The van der Waals surface area contributed by atoms with Crippen molar-refractivity contribution in [1.29, 1.82) is 0 Å². The van der Waals surface area contributed by atoms with E-state index in [0.717, 1.165) is 16.1 Å². The predicted octanol–water partition coefficient (Wildman–Crippen LogP) is 3.41. The first kappa shape index (κ1) is 14.5. The van der Waals surface area contributed by atoms with E-state index in [1.54, 1.807) is 29.2 Å². The van der Waals surface area contributed by atoms with E-state index in [1.165, 1.54) is 11.3 Å². The molecule has 0 saturated heterocycles. The van der Waals surface area contributed by atoms with Crippen LogP contribution in [0, 0.1) is 6.92 Å². The predicted molar refractivity (Wildman–Crippen MR) is 93.2 cm³/mol. The summed E-state index contributed by atoms with van der Waals surface area (Å²) < 4.78 is 1.67. The summed E-state index contributed by atoms with van der Waals surface area (Å²) >= 11 is 1.37. The van der Waals surface area contributed by atoms with E-state index in [2.05, 4.69) is 20.4 Å². The molecule has 24 heavy (non-hydrogen) atoms. The number of fused-ring (bicyclic) bond motifs is 1. The molecule has 118 valence electrons. The summed E-state index contributed by atoms with van der Waals surface area (Å²) in [6.07, 6.45) is 5.00. The van der Waals surface area contributed by atoms with Crippen LogP contribution >= 0.6 is 11.3 Å². The summed E-state index contributed by atoms with van der Waals surface area (Å²) in [5.74, 6) is 0.256. The average molecular weight is 335 g/mol. The van der Waals surface area contributed by atoms with Gasteiger partial charge in [0.05, 0.1) is 16.9 Å². The lowest BCUT2D eigenvalue weighted by molar-refractivity contribution is 0.103. The molecule has 1 N–H and O–H groups in total. The fourth-order valence-corrected chi connectivity index (χ4v) is 3.33. The van der Waals surface area contributed by atoms with Crippen LogP contribution in [-0.2, 0) is 0 Å². The van der Waals surface area contributed by atoms with Crippen molar-refractivity contribution >= 4 is 28.6 Å². The van der Waals surface area contributed by atoms with Crippen molar-refractivity contribution in [2.24, 2.45) is 0 Å². The Morgan fingerprint density at radius 1 is 1.17 bits per heavy atom. The maximum Gasteiger partial charge on any atom is 0.269 e. The van der Waals surface area contributed by atoms with Crippen LogP contribution in [0.3, 0.4) is 0 Å². The van der Waals surface area contributed by atoms with Crippen molar-refractivity contribution in [1.82, 2.24) is 19.6 Å². The van der Waals surface area contributed by atoms with E-state index < -0.39 is 0 Å². The third kappa shape index (κ3) is 2.55. The molecule has 0 bridgehead atoms. The first-order valence-electron chi connectivity index (χ1n) is 7.35. The maximum absolute atomic E-state index is 12.8. The lowest BCUT2D eigenvalue weighted by Gasteiger charge is -2.06. The summed E-state index contributed by atoms with van der Waals surface area (Å²) in [5, 5.41) is 7.86. The molecule has 0 atom stereocenters. The Morgan fingerprint density at radius 2 is 2.00 bits per heavy atom. The number of anilines is 1. The highest BCUT2D eigenvalue weighted by molar-refractivity contribution is 7.14. The van der Waals surface area contributed by atoms with Crippen molar-refractivity contribution in [3.05, 3.63) is 64.9 Å². The molecule has 0 radical (unpaired) electrons. The molecular formula is C17H13N5OS. The van der Waals surface area contributed by atoms with Gasteiger partial charge in [-0.05, 0) is 13.0 Å². The van der Waals surface area contributed by atoms with Gasteiger partial charge < -0.3 is 5.32 Å². The number of hydrogen-bond donors (Lipinski definition) is 1. The molecule has 6 nitrogen and oxygen atoms in total. The number of aryl methyl sites for hydroxylation is 1. The van der Waals surface area contributed by atoms with E-state index in [-0.39, 0.29) is 5.91 Å². The molecular weight excluding hydrogens is 322 g/mol. The first-order valence-corrected chi connectivity index (χ1v) is 8.16. The lowest BCUT2D eigenvalue weighted by atomic mass is 10.1. The number of aromatic nitrogens is 4. The van der Waals surface area contributed by atoms with Crippen LogP contribution in [0.5, 0.6) is 0 Å². The van der Waals surface area contributed by atoms with E-state index >= 15 is 0 Å². The summed E-state index contributed by atoms with van der Waals surface area (Å²) in [7, 11) is 0. The Morgan fingerprint density at radius 3 is 2.83 bits per heavy atom. The molecule has 3 heterocycles. The quantitative estimate of drug-likeness (QED) is 0.623. The number of nitrogens with zero attached hydrogens (tertiary/aromatic N) is 4. The molecule has 0 unspecified atom stereocenters. The van der Waals surface area contributed by atoms with Gasteiger partial charge in [-0.1, -0.05) is 30.3 Å². The van der Waals surface area contributed by atoms with E-state index in [0.29, 0.717) is 16.4 Å². The Kier molecular flexibility index (Phi) is 3.55. The van der Waals surface area contributed by atoms with E-state index in [9.17, 15) is 4.79 Å². The number of benzene rings is 1. The van der Waals surface area contributed by atoms with Crippen molar-refractivity contribution in [3.8, 4) is 11.3 Å². The van der Waals surface area contributed by atoms with Gasteiger partial charge in [-0.2, -0.15) is 5.10 Å². The van der Waals surface area contributed by atoms with Crippen LogP contribution in [0.4, 0.5) is 5.82 Å². The average Bonchev–Trinajstić information content (AvgIpc) is 3.22. The van der Waals surface area contributed by atoms with Crippen molar-refractivity contribution in [2.45, 2.75) is 6.92 Å². The third-order valence-corrected chi connectivity index (χ3v) is 4.51. The van der Waals surface area contributed by atoms with Crippen LogP contribution < -0.4 is 5.32 Å². The van der Waals surface area contributed by atoms with Gasteiger partial charge in [0.25, 0.3) is 5.91 Å². The number of carbonyl (C=O) groups excluding carboxylic acids is 1. The van der Waals surface area contributed by atoms with Crippen molar-refractivity contribution in [3.63, 3.8) is 0 Å². The van der Waals surface area contributed by atoms with Crippen LogP contribution in [-0.4, -0.2) is 25.5 Å². The minimum absolute atomic E-state index is 0.221. The number of hydrogen-bond acceptors (Lipinski definition) is 5. The molecule has 3 aromatic heterocycles. The lowest BCUT2D eigenvalue weighted by Crippen LogP contribution is -2.13. The Labute approximate surface area is 141 Å². The Hall–Kier alpha value is -3.06. The molecule has 0 aliphatic rings. The Balaban J connectivity index is 1.72. The molecule has 7 heteroatoms. The van der Waals surface area contributed by atoms with Gasteiger partial charge in [0.1, 0.15) is 10.4 Å². The van der Waals surface area contributed by atoms with E-state index in [4.69, 9.17) is 0 Å². The Bertz CT molecular complexity index is 1020. The molecule has 1 aromatic carbocycles. The van der Waals surface area contributed by atoms with Gasteiger partial charge in [0.2, 0.25) is 0 Å². The number of thiazole rings is 1. The third-order valence-electron chi connectivity index (χ3n) is 3.54. The zero-order chi connectivity index (χ0) is 16.5. The number of amides is 1. The zero-order valence-corrected chi connectivity index (χ0v) is 13.6. The molecule has 0 fully saturated rings. The molecule has 4 rings (SSSR count). The topological polar surface area (TPSA) is 72.2 Å². The second kappa shape index (κ2) is 5.86. The standard InChI is InChI=1S/C17H13N5OS/c1-11-20-14(12-5-3-2-4-6-12)15(24-11)17(23)21-16-13-7-8-19-22(13)10-9-18-16/h2-10H,1H3,(H,18,21,23). The molecule has 1 amide bonds. The van der Waals surface area contributed by atoms with Crippen LogP contribution in [0.1, 0.15) is 14.7 Å². The van der Waals surface area contributed by atoms with Gasteiger partial charge in [-0.25, -0.2) is 14.5 Å². The summed E-state index contributed by atoms with van der Waals surface area (Å²) in [6.45, 7) is 1.89. The second-order valence-electron chi connectivity index (χ2n) is 5.17. The van der Waals surface area contributed by atoms with E-state index in [1.807, 2.05) is 37.3 Å². The highest BCUT2D eigenvalue weighted by Gasteiger charge is 2.19. The SMILES string of the molecule is Cc1nc(-c2ccccc2)c(C(=O)Nc2nccn3nccc23)s1. The zero-order valence-electron chi connectivity index (χ0n) is 12.8. The van der Waals surface area contributed by atoms with Gasteiger partial charge >= 0.3 is 0 Å². The number of rotatable bonds is 3. The first-order chi connectivity index (χ1) is 11.7. The minimum atomic E-state index is -0.221. The monoisotopic (exact) mass is 335 g/mol. The molecule has 4 aromatic rings. The highest BCUT2D eigenvalue weighted by atomic mass is 32.1. The van der Waals surface area contributed by atoms with Crippen LogP contribution in [0.15, 0.2) is 55.0 Å². The summed E-state index contributed by atoms with van der Waals surface area (Å²) in [5.41, 5.74) is 2.35. The number of carbonyl (C=O) groups is 1. The van der Waals surface area contributed by atoms with Gasteiger partial charge in [-0.3, -0.25) is 4.79 Å².